The number of phenols is 1. The number of fused-ring (bicyclic) bond motifs is 1. The van der Waals surface area contributed by atoms with Crippen LogP contribution in [0.1, 0.15) is 5.56 Å². The Bertz CT molecular complexity index is 661. The van der Waals surface area contributed by atoms with E-state index in [1.165, 1.54) is 6.08 Å². The fraction of sp³-hybridized carbons (Fsp3) is 0.231. The third-order valence-electron chi connectivity index (χ3n) is 3.08. The van der Waals surface area contributed by atoms with Gasteiger partial charge in [0.2, 0.25) is 0 Å². The molecule has 20 heavy (non-hydrogen) atoms. The highest BCUT2D eigenvalue weighted by molar-refractivity contribution is 7.52. The van der Waals surface area contributed by atoms with E-state index >= 15 is 0 Å². The third kappa shape index (κ3) is 3.29. The van der Waals surface area contributed by atoms with E-state index in [1.54, 1.807) is 18.2 Å². The second-order valence-electron chi connectivity index (χ2n) is 4.52. The minimum absolute atomic E-state index is 0.186. The van der Waals surface area contributed by atoms with Crippen LogP contribution in [0.5, 0.6) is 5.75 Å². The number of aromatic amines is 1. The Morgan fingerprint density at radius 1 is 1.45 bits per heavy atom. The highest BCUT2D eigenvalue weighted by Crippen LogP contribution is 2.39. The van der Waals surface area contributed by atoms with Gasteiger partial charge in [0, 0.05) is 23.6 Å². The molecule has 0 fully saturated rings. The molecule has 0 saturated heterocycles. The van der Waals surface area contributed by atoms with Crippen molar-refractivity contribution in [1.29, 1.82) is 0 Å². The molecular formula is C13H17N2O4P. The van der Waals surface area contributed by atoms with Crippen molar-refractivity contribution in [1.82, 2.24) is 10.3 Å². The number of hydrogen-bond acceptors (Lipinski definition) is 3. The molecular weight excluding hydrogens is 279 g/mol. The molecule has 1 heterocycles. The van der Waals surface area contributed by atoms with Gasteiger partial charge in [-0.25, -0.2) is 0 Å². The Kier molecular flexibility index (Phi) is 4.30. The summed E-state index contributed by atoms with van der Waals surface area (Å²) in [7, 11) is -4.22. The molecule has 0 bridgehead atoms. The summed E-state index contributed by atoms with van der Waals surface area (Å²) >= 11 is 0. The van der Waals surface area contributed by atoms with Crippen LogP contribution in [0, 0.1) is 0 Å². The first kappa shape index (κ1) is 14.8. The van der Waals surface area contributed by atoms with Crippen LogP contribution in [-0.2, 0) is 11.0 Å². The van der Waals surface area contributed by atoms with Crippen LogP contribution < -0.4 is 5.32 Å². The van der Waals surface area contributed by atoms with Crippen molar-refractivity contribution < 1.29 is 19.5 Å². The van der Waals surface area contributed by atoms with Gasteiger partial charge < -0.3 is 25.2 Å². The summed E-state index contributed by atoms with van der Waals surface area (Å²) in [5, 5.41) is 13.2. The van der Waals surface area contributed by atoms with E-state index in [0.717, 1.165) is 16.5 Å². The first-order chi connectivity index (χ1) is 9.41. The van der Waals surface area contributed by atoms with E-state index in [-0.39, 0.29) is 5.75 Å². The highest BCUT2D eigenvalue weighted by atomic mass is 31.2. The predicted molar refractivity (Wildman–Crippen MR) is 77.7 cm³/mol. The quantitative estimate of drug-likeness (QED) is 0.412. The van der Waals surface area contributed by atoms with Crippen molar-refractivity contribution in [3.63, 3.8) is 0 Å². The van der Waals surface area contributed by atoms with Crippen molar-refractivity contribution in [2.75, 3.05) is 6.54 Å². The zero-order valence-electron chi connectivity index (χ0n) is 10.8. The molecule has 0 aliphatic carbocycles. The normalized spacial score (nSPS) is 13.5. The largest absolute Gasteiger partial charge is 0.508 e. The SMILES string of the molecule is C=CC(NCCc1c[nH]c2ccc(O)cc12)P(=O)(O)O. The molecule has 1 aromatic carbocycles. The highest BCUT2D eigenvalue weighted by Gasteiger charge is 2.24. The maximum absolute atomic E-state index is 11.1. The van der Waals surface area contributed by atoms with Gasteiger partial charge in [0.15, 0.2) is 0 Å². The zero-order valence-corrected chi connectivity index (χ0v) is 11.7. The average molecular weight is 296 g/mol. The van der Waals surface area contributed by atoms with Crippen molar-refractivity contribution in [2.45, 2.75) is 12.2 Å². The summed E-state index contributed by atoms with van der Waals surface area (Å²) in [4.78, 5) is 21.2. The van der Waals surface area contributed by atoms with Gasteiger partial charge in [0.05, 0.1) is 0 Å². The van der Waals surface area contributed by atoms with Crippen molar-refractivity contribution in [2.24, 2.45) is 0 Å². The van der Waals surface area contributed by atoms with E-state index < -0.39 is 13.4 Å². The smallest absolute Gasteiger partial charge is 0.346 e. The molecule has 6 nitrogen and oxygen atoms in total. The lowest BCUT2D eigenvalue weighted by atomic mass is 10.1. The average Bonchev–Trinajstić information content (AvgIpc) is 2.75. The Labute approximate surface area is 116 Å². The Balaban J connectivity index is 2.05. The molecule has 0 spiro atoms. The number of rotatable bonds is 6. The lowest BCUT2D eigenvalue weighted by Gasteiger charge is -2.15. The van der Waals surface area contributed by atoms with Gasteiger partial charge in [-0.05, 0) is 30.2 Å². The van der Waals surface area contributed by atoms with Gasteiger partial charge in [0.25, 0.3) is 0 Å². The van der Waals surface area contributed by atoms with Crippen LogP contribution in [-0.4, -0.2) is 32.2 Å². The van der Waals surface area contributed by atoms with E-state index in [0.29, 0.717) is 13.0 Å². The van der Waals surface area contributed by atoms with Gasteiger partial charge in [-0.2, -0.15) is 0 Å². The molecule has 2 aromatic rings. The first-order valence-electron chi connectivity index (χ1n) is 6.12. The number of aromatic hydroxyl groups is 1. The van der Waals surface area contributed by atoms with Gasteiger partial charge in [-0.15, -0.1) is 6.58 Å². The molecule has 108 valence electrons. The van der Waals surface area contributed by atoms with E-state index in [2.05, 4.69) is 16.9 Å². The molecule has 0 aliphatic rings. The van der Waals surface area contributed by atoms with E-state index in [4.69, 9.17) is 9.79 Å². The second-order valence-corrected chi connectivity index (χ2v) is 6.25. The number of nitrogens with one attached hydrogen (secondary N) is 2. The lowest BCUT2D eigenvalue weighted by Crippen LogP contribution is -2.28. The van der Waals surface area contributed by atoms with Gasteiger partial charge in [-0.1, -0.05) is 6.08 Å². The topological polar surface area (TPSA) is 106 Å². The maximum Gasteiger partial charge on any atom is 0.346 e. The molecule has 1 aromatic heterocycles. The van der Waals surface area contributed by atoms with Crippen molar-refractivity contribution in [3.8, 4) is 5.75 Å². The molecule has 5 N–H and O–H groups in total. The third-order valence-corrected chi connectivity index (χ3v) is 4.20. The number of phenolic OH excluding ortho intramolecular Hbond substituents is 1. The van der Waals surface area contributed by atoms with Crippen LogP contribution >= 0.6 is 7.60 Å². The predicted octanol–water partition coefficient (Wildman–Crippen LogP) is 1.70. The Morgan fingerprint density at radius 2 is 2.20 bits per heavy atom. The molecule has 1 unspecified atom stereocenters. The zero-order chi connectivity index (χ0) is 14.8. The van der Waals surface area contributed by atoms with Crippen LogP contribution in [0.3, 0.4) is 0 Å². The van der Waals surface area contributed by atoms with Crippen LogP contribution in [0.4, 0.5) is 0 Å². The molecule has 0 saturated carbocycles. The summed E-state index contributed by atoms with van der Waals surface area (Å²) in [5.41, 5.74) is 1.88. The molecule has 2 rings (SSSR count). The Hall–Kier alpha value is -1.59. The van der Waals surface area contributed by atoms with Crippen molar-refractivity contribution >= 4 is 18.5 Å². The standard InChI is InChI=1S/C13H17N2O4P/c1-2-13(20(17,18)19)14-6-5-9-8-15-12-4-3-10(16)7-11(9)12/h2-4,7-8,13-16H,1,5-6H2,(H2,17,18,19). The summed E-state index contributed by atoms with van der Waals surface area (Å²) in [6.07, 6.45) is 3.61. The number of aromatic nitrogens is 1. The van der Waals surface area contributed by atoms with Crippen LogP contribution in [0.15, 0.2) is 37.1 Å². The van der Waals surface area contributed by atoms with E-state index in [9.17, 15) is 9.67 Å². The minimum atomic E-state index is -4.22. The molecule has 0 radical (unpaired) electrons. The van der Waals surface area contributed by atoms with Crippen molar-refractivity contribution in [3.05, 3.63) is 42.6 Å². The summed E-state index contributed by atoms with van der Waals surface area (Å²) in [5.74, 6) is -0.855. The maximum atomic E-state index is 11.1. The summed E-state index contributed by atoms with van der Waals surface area (Å²) in [6, 6.07) is 5.04. The molecule has 1 atom stereocenters. The van der Waals surface area contributed by atoms with Crippen LogP contribution in [0.2, 0.25) is 0 Å². The molecule has 0 amide bonds. The minimum Gasteiger partial charge on any atom is -0.508 e. The number of hydrogen-bond donors (Lipinski definition) is 5. The second kappa shape index (κ2) is 5.81. The lowest BCUT2D eigenvalue weighted by molar-refractivity contribution is 0.357. The van der Waals surface area contributed by atoms with Gasteiger partial charge in [-0.3, -0.25) is 4.57 Å². The van der Waals surface area contributed by atoms with E-state index in [1.807, 2.05) is 6.20 Å². The monoisotopic (exact) mass is 296 g/mol. The number of benzene rings is 1. The fourth-order valence-corrected chi connectivity index (χ4v) is 2.71. The molecule has 7 heteroatoms. The number of H-pyrrole nitrogens is 1. The molecule has 0 aliphatic heterocycles. The van der Waals surface area contributed by atoms with Gasteiger partial charge >= 0.3 is 7.60 Å². The van der Waals surface area contributed by atoms with Crippen LogP contribution in [0.25, 0.3) is 10.9 Å². The fourth-order valence-electron chi connectivity index (χ4n) is 2.07. The Morgan fingerprint density at radius 3 is 2.85 bits per heavy atom. The first-order valence-corrected chi connectivity index (χ1v) is 7.80. The van der Waals surface area contributed by atoms with Gasteiger partial charge in [0.1, 0.15) is 11.5 Å². The summed E-state index contributed by atoms with van der Waals surface area (Å²) < 4.78 is 11.1. The summed E-state index contributed by atoms with van der Waals surface area (Å²) in [6.45, 7) is 3.80.